The van der Waals surface area contributed by atoms with Crippen LogP contribution in [0.3, 0.4) is 0 Å². The summed E-state index contributed by atoms with van der Waals surface area (Å²) in [7, 11) is 0. The van der Waals surface area contributed by atoms with Gasteiger partial charge in [-0.05, 0) is 26.2 Å². The van der Waals surface area contributed by atoms with E-state index in [2.05, 4.69) is 56.4 Å². The quantitative estimate of drug-likeness (QED) is 0.242. The largest absolute Gasteiger partial charge is 0.357 e. The lowest BCUT2D eigenvalue weighted by molar-refractivity contribution is -0.122. The second kappa shape index (κ2) is 14.5. The van der Waals surface area contributed by atoms with Crippen LogP contribution in [0.15, 0.2) is 11.3 Å². The van der Waals surface area contributed by atoms with Crippen LogP contribution < -0.4 is 16.0 Å². The zero-order valence-corrected chi connectivity index (χ0v) is 20.3. The Morgan fingerprint density at radius 1 is 1.24 bits per heavy atom. The molecule has 2 rings (SSSR count). The van der Waals surface area contributed by atoms with Crippen molar-refractivity contribution in [3.05, 3.63) is 12.2 Å². The van der Waals surface area contributed by atoms with Gasteiger partial charge in [0, 0.05) is 45.2 Å². The maximum atomic E-state index is 11.9. The van der Waals surface area contributed by atoms with Crippen LogP contribution in [0.2, 0.25) is 0 Å². The molecule has 1 aromatic rings. The van der Waals surface area contributed by atoms with Crippen LogP contribution >= 0.6 is 24.0 Å². The van der Waals surface area contributed by atoms with Gasteiger partial charge in [0.1, 0.15) is 12.2 Å². The van der Waals surface area contributed by atoms with Crippen LogP contribution in [0.5, 0.6) is 0 Å². The minimum Gasteiger partial charge on any atom is -0.357 e. The number of amides is 1. The zero-order valence-electron chi connectivity index (χ0n) is 18.0. The number of hydrogen-bond acceptors (Lipinski definition) is 5. The summed E-state index contributed by atoms with van der Waals surface area (Å²) < 4.78 is 2.05. The van der Waals surface area contributed by atoms with E-state index in [0.717, 1.165) is 70.2 Å². The van der Waals surface area contributed by atoms with Crippen LogP contribution in [0.4, 0.5) is 0 Å². The number of likely N-dealkylation sites (tertiary alicyclic amines) is 1. The van der Waals surface area contributed by atoms with Crippen molar-refractivity contribution >= 4 is 35.8 Å². The molecule has 1 saturated heterocycles. The summed E-state index contributed by atoms with van der Waals surface area (Å²) in [5, 5.41) is 17.9. The lowest BCUT2D eigenvalue weighted by atomic mass is 10.1. The molecule has 2 heterocycles. The Hall–Kier alpha value is -1.43. The highest BCUT2D eigenvalue weighted by Gasteiger charge is 2.21. The van der Waals surface area contributed by atoms with Crippen LogP contribution in [-0.2, 0) is 17.8 Å². The molecule has 29 heavy (non-hydrogen) atoms. The molecule has 0 aromatic carbocycles. The molecule has 0 radical (unpaired) electrons. The summed E-state index contributed by atoms with van der Waals surface area (Å²) in [4.78, 5) is 18.8. The van der Waals surface area contributed by atoms with Gasteiger partial charge in [-0.2, -0.15) is 0 Å². The first-order chi connectivity index (χ1) is 13.7. The summed E-state index contributed by atoms with van der Waals surface area (Å²) in [5.74, 6) is 1.97. The molecule has 1 aliphatic rings. The number of guanidine groups is 1. The molecule has 10 heteroatoms. The maximum Gasteiger partial charge on any atom is 0.234 e. The van der Waals surface area contributed by atoms with Crippen molar-refractivity contribution in [2.45, 2.75) is 59.0 Å². The Labute approximate surface area is 191 Å². The van der Waals surface area contributed by atoms with Gasteiger partial charge in [-0.25, -0.2) is 0 Å². The standard InChI is InChI=1S/C19H36N8O.HI/c1-4-9-21-18(28)14-26-11-7-16(8-12-26)24-19(20-6-3)22-10-13-27-15-23-25-17(27)5-2;/h15-16H,4-14H2,1-3H3,(H,21,28)(H2,20,22,24);1H. The molecule has 1 aliphatic heterocycles. The fourth-order valence-electron chi connectivity index (χ4n) is 3.28. The summed E-state index contributed by atoms with van der Waals surface area (Å²) in [6, 6.07) is 0.383. The molecule has 3 N–H and O–H groups in total. The number of aliphatic imine (C=N–C) groups is 1. The first kappa shape index (κ1) is 25.6. The second-order valence-corrected chi connectivity index (χ2v) is 7.10. The normalized spacial score (nSPS) is 15.6. The summed E-state index contributed by atoms with van der Waals surface area (Å²) in [6.07, 6.45) is 5.63. The van der Waals surface area contributed by atoms with E-state index in [0.29, 0.717) is 19.1 Å². The van der Waals surface area contributed by atoms with E-state index in [-0.39, 0.29) is 29.9 Å². The Bertz CT molecular complexity index is 613. The highest BCUT2D eigenvalue weighted by molar-refractivity contribution is 14.0. The second-order valence-electron chi connectivity index (χ2n) is 7.10. The van der Waals surface area contributed by atoms with Crippen molar-refractivity contribution < 1.29 is 4.79 Å². The van der Waals surface area contributed by atoms with Gasteiger partial charge in [-0.1, -0.05) is 13.8 Å². The van der Waals surface area contributed by atoms with Crippen molar-refractivity contribution in [3.63, 3.8) is 0 Å². The number of rotatable bonds is 10. The minimum absolute atomic E-state index is 0. The van der Waals surface area contributed by atoms with Gasteiger partial charge in [0.15, 0.2) is 5.96 Å². The highest BCUT2D eigenvalue weighted by Crippen LogP contribution is 2.10. The average molecular weight is 520 g/mol. The summed E-state index contributed by atoms with van der Waals surface area (Å²) in [6.45, 7) is 11.6. The van der Waals surface area contributed by atoms with Gasteiger partial charge >= 0.3 is 0 Å². The van der Waals surface area contributed by atoms with Crippen molar-refractivity contribution in [2.75, 3.05) is 39.3 Å². The van der Waals surface area contributed by atoms with E-state index in [1.54, 1.807) is 6.33 Å². The van der Waals surface area contributed by atoms with E-state index in [9.17, 15) is 4.79 Å². The monoisotopic (exact) mass is 520 g/mol. The van der Waals surface area contributed by atoms with Crippen LogP contribution in [-0.4, -0.2) is 76.8 Å². The number of piperidine rings is 1. The summed E-state index contributed by atoms with van der Waals surface area (Å²) in [5.41, 5.74) is 0. The molecule has 166 valence electrons. The Morgan fingerprint density at radius 2 is 2.00 bits per heavy atom. The Kier molecular flexibility index (Phi) is 12.8. The predicted molar refractivity (Wildman–Crippen MR) is 127 cm³/mol. The molecule has 9 nitrogen and oxygen atoms in total. The summed E-state index contributed by atoms with van der Waals surface area (Å²) >= 11 is 0. The van der Waals surface area contributed by atoms with Gasteiger partial charge in [-0.3, -0.25) is 14.7 Å². The third kappa shape index (κ3) is 9.28. The fourth-order valence-corrected chi connectivity index (χ4v) is 3.28. The third-order valence-electron chi connectivity index (χ3n) is 4.83. The lowest BCUT2D eigenvalue weighted by Crippen LogP contribution is -2.50. The maximum absolute atomic E-state index is 11.9. The van der Waals surface area contributed by atoms with Crippen LogP contribution in [0, 0.1) is 0 Å². The number of carbonyl (C=O) groups is 1. The predicted octanol–water partition coefficient (Wildman–Crippen LogP) is 1.00. The van der Waals surface area contributed by atoms with Crippen molar-refractivity contribution in [1.29, 1.82) is 0 Å². The number of hydrogen-bond donors (Lipinski definition) is 3. The molecule has 1 aromatic heterocycles. The SMILES string of the molecule is CCCNC(=O)CN1CCC(NC(=NCCn2cnnc2CC)NCC)CC1.I. The molecule has 0 aliphatic carbocycles. The minimum atomic E-state index is 0. The molecule has 1 amide bonds. The molecular formula is C19H37IN8O. The van der Waals surface area contributed by atoms with E-state index in [4.69, 9.17) is 4.99 Å². The third-order valence-corrected chi connectivity index (χ3v) is 4.83. The molecule has 0 spiro atoms. The van der Waals surface area contributed by atoms with E-state index < -0.39 is 0 Å². The average Bonchev–Trinajstić information content (AvgIpc) is 3.15. The number of nitrogens with zero attached hydrogens (tertiary/aromatic N) is 5. The molecule has 0 unspecified atom stereocenters. The van der Waals surface area contributed by atoms with E-state index in [1.165, 1.54) is 0 Å². The smallest absolute Gasteiger partial charge is 0.234 e. The molecule has 0 bridgehead atoms. The van der Waals surface area contributed by atoms with Crippen LogP contribution in [0.25, 0.3) is 0 Å². The van der Waals surface area contributed by atoms with Gasteiger partial charge in [-0.15, -0.1) is 34.2 Å². The van der Waals surface area contributed by atoms with Crippen molar-refractivity contribution in [3.8, 4) is 0 Å². The number of aryl methyl sites for hydroxylation is 1. The van der Waals surface area contributed by atoms with E-state index in [1.807, 2.05) is 0 Å². The first-order valence-corrected chi connectivity index (χ1v) is 10.6. The fraction of sp³-hybridized carbons (Fsp3) is 0.789. The zero-order chi connectivity index (χ0) is 20.2. The number of aromatic nitrogens is 3. The van der Waals surface area contributed by atoms with Crippen molar-refractivity contribution in [1.82, 2.24) is 35.6 Å². The highest BCUT2D eigenvalue weighted by atomic mass is 127. The van der Waals surface area contributed by atoms with E-state index >= 15 is 0 Å². The van der Waals surface area contributed by atoms with Gasteiger partial charge < -0.3 is 20.5 Å². The molecule has 0 atom stereocenters. The van der Waals surface area contributed by atoms with Gasteiger partial charge in [0.2, 0.25) is 5.91 Å². The number of carbonyl (C=O) groups excluding carboxylic acids is 1. The molecule has 1 fully saturated rings. The Balaban J connectivity index is 0.00000420. The number of halogens is 1. The number of nitrogens with one attached hydrogen (secondary N) is 3. The Morgan fingerprint density at radius 3 is 2.66 bits per heavy atom. The first-order valence-electron chi connectivity index (χ1n) is 10.6. The van der Waals surface area contributed by atoms with Gasteiger partial charge in [0.25, 0.3) is 0 Å². The molecule has 0 saturated carbocycles. The van der Waals surface area contributed by atoms with Crippen LogP contribution in [0.1, 0.15) is 45.9 Å². The van der Waals surface area contributed by atoms with Gasteiger partial charge in [0.05, 0.1) is 13.1 Å². The van der Waals surface area contributed by atoms with Crippen molar-refractivity contribution in [2.24, 2.45) is 4.99 Å². The topological polar surface area (TPSA) is 99.5 Å². The molecular weight excluding hydrogens is 483 g/mol. The lowest BCUT2D eigenvalue weighted by Gasteiger charge is -2.32.